The smallest absolute Gasteiger partial charge is 0.219 e. The average molecular weight is 2090 g/mol. The van der Waals surface area contributed by atoms with Crippen molar-refractivity contribution in [2.45, 2.75) is 416 Å². The van der Waals surface area contributed by atoms with Crippen molar-refractivity contribution < 1.29 is 23.7 Å². The highest BCUT2D eigenvalue weighted by Crippen LogP contribution is 2.39. The van der Waals surface area contributed by atoms with Crippen molar-refractivity contribution in [3.8, 4) is 0 Å². The molecule has 14 heterocycles. The Morgan fingerprint density at radius 2 is 0.913 bits per heavy atom. The van der Waals surface area contributed by atoms with Gasteiger partial charge in [0.25, 0.3) is 0 Å². The summed E-state index contributed by atoms with van der Waals surface area (Å²) in [6.45, 7) is 100. The van der Waals surface area contributed by atoms with Crippen LogP contribution in [-0.2, 0) is 14.6 Å². The van der Waals surface area contributed by atoms with Gasteiger partial charge >= 0.3 is 0 Å². The molecule has 33 nitrogen and oxygen atoms in total. The maximum absolute atomic E-state index is 5.49. The van der Waals surface area contributed by atoms with E-state index in [9.17, 15) is 0 Å². The van der Waals surface area contributed by atoms with Crippen LogP contribution in [0, 0.1) is 55.4 Å². The molecule has 0 saturated carbocycles. The fraction of sp³-hybridized carbons (Fsp3) is 0.708. The molecule has 0 saturated heterocycles. The summed E-state index contributed by atoms with van der Waals surface area (Å²) in [4.78, 5) is 30.1. The SMILES string of the molecule is CC1=C(C)N(C(C)C)N(C)O1.CC1=C(C)N(C(C)C)N(C)S1.CC1=C(C)N(C(C)C)ON1C.CC1=C(C)N(C(C)C)SN1C.CC1=C(C)N(C)N(C(C)C)O1.CC1=C(C)N(C)N(C(C)C)S1.Cc1nc(C(C)C)ns1.Cc1nnc(C(C)C)o1.Cc1nnc(C(C)C)s1.Cc1nnsc1C(C)C.Cc1nonc1C(C)C.Cc1nsc(C(C)C)n1.Cc1nsnc1C(C)C.Cc1snnc1C(C)C. The number of hydroxylamine groups is 6. The predicted molar refractivity (Wildman–Crippen MR) is 583 cm³/mol. The van der Waals surface area contributed by atoms with Gasteiger partial charge in [0, 0.05) is 140 Å². The Balaban J connectivity index is 0.000000744. The molecule has 0 atom stereocenters. The first-order valence-corrected chi connectivity index (χ1v) is 54.5. The van der Waals surface area contributed by atoms with Gasteiger partial charge in [-0.15, -0.1) is 41.9 Å². The van der Waals surface area contributed by atoms with Crippen molar-refractivity contribution in [3.05, 3.63) is 154 Å². The Morgan fingerprint density at radius 1 is 0.355 bits per heavy atom. The number of aryl methyl sites for hydroxylation is 8. The summed E-state index contributed by atoms with van der Waals surface area (Å²) in [6, 6.07) is 2.95. The molecule has 14 rings (SSSR count). The van der Waals surface area contributed by atoms with E-state index in [0.717, 1.165) is 77.4 Å². The summed E-state index contributed by atoms with van der Waals surface area (Å²) < 4.78 is 42.7. The fourth-order valence-corrected chi connectivity index (χ4v) is 19.4. The zero-order valence-corrected chi connectivity index (χ0v) is 102. The molecule has 0 radical (unpaired) electrons. The molecule has 0 bridgehead atoms. The normalized spacial score (nSPS) is 15.1. The van der Waals surface area contributed by atoms with E-state index in [1.54, 1.807) is 52.6 Å². The molecule has 784 valence electrons. The Labute approximate surface area is 870 Å². The molecule has 6 aliphatic heterocycles. The van der Waals surface area contributed by atoms with E-state index in [0.29, 0.717) is 95.4 Å². The minimum atomic E-state index is 0.339. The van der Waals surface area contributed by atoms with E-state index in [1.165, 1.54) is 123 Å². The molecule has 0 unspecified atom stereocenters. The van der Waals surface area contributed by atoms with E-state index < -0.39 is 0 Å². The van der Waals surface area contributed by atoms with Gasteiger partial charge in [0.2, 0.25) is 11.8 Å². The lowest BCUT2D eigenvalue weighted by Crippen LogP contribution is -2.38. The molecule has 8 aromatic rings. The number of aromatic nitrogens is 16. The monoisotopic (exact) mass is 2090 g/mol. The number of nitrogens with zero attached hydrogens (tertiary/aromatic N) is 28. The predicted octanol–water partition coefficient (Wildman–Crippen LogP) is 27.4. The van der Waals surface area contributed by atoms with Gasteiger partial charge in [-0.2, -0.15) is 31.3 Å². The molecular weight excluding hydrogens is 1910 g/mol. The Bertz CT molecular complexity index is 4500. The first-order valence-electron chi connectivity index (χ1n) is 47.5. The lowest BCUT2D eigenvalue weighted by molar-refractivity contribution is -0.267. The van der Waals surface area contributed by atoms with Gasteiger partial charge in [-0.05, 0) is 302 Å². The molecule has 0 fully saturated rings. The zero-order valence-electron chi connectivity index (χ0n) is 94.3. The first kappa shape index (κ1) is 129. The number of hydrogen-bond donors (Lipinski definition) is 0. The van der Waals surface area contributed by atoms with E-state index in [4.69, 9.17) is 19.0 Å². The lowest BCUT2D eigenvalue weighted by Gasteiger charge is -2.30. The number of hydrogen-bond acceptors (Lipinski definition) is 42. The van der Waals surface area contributed by atoms with Crippen LogP contribution in [0.4, 0.5) is 0 Å². The van der Waals surface area contributed by atoms with Gasteiger partial charge in [-0.3, -0.25) is 19.3 Å². The first-order chi connectivity index (χ1) is 63.9. The second-order valence-corrected chi connectivity index (χ2v) is 46.6. The summed E-state index contributed by atoms with van der Waals surface area (Å²) in [5.74, 6) is 9.07. The van der Waals surface area contributed by atoms with Gasteiger partial charge in [0.05, 0.1) is 86.4 Å². The van der Waals surface area contributed by atoms with Gasteiger partial charge in [0.1, 0.15) is 54.6 Å². The largest absolute Gasteiger partial charge is 0.425 e. The van der Waals surface area contributed by atoms with Crippen molar-refractivity contribution in [1.82, 2.24) is 135 Å². The summed E-state index contributed by atoms with van der Waals surface area (Å²) in [5.41, 5.74) is 16.5. The van der Waals surface area contributed by atoms with Crippen LogP contribution in [0.1, 0.15) is 412 Å². The molecule has 0 aromatic carbocycles. The van der Waals surface area contributed by atoms with Crippen molar-refractivity contribution in [2.24, 2.45) is 0 Å². The molecule has 6 aliphatic rings. The molecular formula is C96H176N28O5S9. The highest BCUT2D eigenvalue weighted by atomic mass is 32.2. The summed E-state index contributed by atoms with van der Waals surface area (Å²) in [6.07, 6.45) is 0. The Hall–Kier alpha value is -7.07. The van der Waals surface area contributed by atoms with Gasteiger partial charge in [0.15, 0.2) is 0 Å². The third kappa shape index (κ3) is 43.2. The molecule has 0 aliphatic carbocycles. The minimum absolute atomic E-state index is 0.339. The van der Waals surface area contributed by atoms with E-state index in [1.807, 2.05) is 118 Å². The maximum atomic E-state index is 5.49. The quantitative estimate of drug-likeness (QED) is 0.0913. The number of hydrazine groups is 4. The van der Waals surface area contributed by atoms with Gasteiger partial charge < -0.3 is 23.4 Å². The van der Waals surface area contributed by atoms with Crippen LogP contribution in [0.2, 0.25) is 0 Å². The summed E-state index contributed by atoms with van der Waals surface area (Å²) in [5, 5.41) is 51.1. The summed E-state index contributed by atoms with van der Waals surface area (Å²) >= 11 is 14.3. The second kappa shape index (κ2) is 63.2. The molecule has 0 spiro atoms. The van der Waals surface area contributed by atoms with E-state index in [2.05, 4.69) is 392 Å². The van der Waals surface area contributed by atoms with Crippen molar-refractivity contribution in [1.29, 1.82) is 0 Å². The summed E-state index contributed by atoms with van der Waals surface area (Å²) in [7, 11) is 12.2. The third-order valence-electron chi connectivity index (χ3n) is 20.8. The van der Waals surface area contributed by atoms with Crippen LogP contribution >= 0.6 is 105 Å². The molecule has 42 heteroatoms. The van der Waals surface area contributed by atoms with Crippen LogP contribution in [0.15, 0.2) is 76.0 Å². The fourth-order valence-electron chi connectivity index (χ4n) is 12.5. The third-order valence-corrected chi connectivity index (χ3v) is 30.0. The van der Waals surface area contributed by atoms with Crippen molar-refractivity contribution in [2.75, 3.05) is 42.3 Å². The Morgan fingerprint density at radius 3 is 1.12 bits per heavy atom. The van der Waals surface area contributed by atoms with Crippen LogP contribution in [0.5, 0.6) is 0 Å². The maximum Gasteiger partial charge on any atom is 0.219 e. The zero-order chi connectivity index (χ0) is 106. The average Bonchev–Trinajstić information content (AvgIpc) is 1.74. The molecule has 138 heavy (non-hydrogen) atoms. The van der Waals surface area contributed by atoms with Crippen LogP contribution in [-0.4, -0.2) is 214 Å². The van der Waals surface area contributed by atoms with Crippen LogP contribution < -0.4 is 0 Å². The molecule has 0 amide bonds. The number of allylic oxidation sites excluding steroid dienone is 12. The minimum Gasteiger partial charge on any atom is -0.425 e. The standard InChI is InChI=1S/3C8H16N2O.3C8H16N2S.2C6H10N2O.6C6H10N2S/c1-6(2)10-7(3)8(4)11-9(10)5;1-6(2)10-9(5)7(3)8(4)11-10;1-6(2)10-8(4)7(3)9(5)11-10;1-6(2)10-7(3)8(4)11-9(10)5;1-6(2)10-9(5)7(3)8(4)11-10;1-6(2)10-8(4)7(3)9(5)11-10;1-4(2)6-8-7-5(3)9-6;1-4(2)6-5(3)7-9-8-6;1-4(2)6-8-7-5(3)9-6;1-4(2)6-7-5(3)9-8-6;1-4(2)6-7-5(3)8-9-6;1-4(2)6-5(3)9-8-7-6;1-4(2)6-5(3)7-8-9-6;1-4(2)6-5(3)7-9-8-6/h6*6H,1-5H3;8*4H,1-3H3. The highest BCUT2D eigenvalue weighted by molar-refractivity contribution is 8.01. The van der Waals surface area contributed by atoms with E-state index >= 15 is 0 Å². The van der Waals surface area contributed by atoms with Crippen LogP contribution in [0.3, 0.4) is 0 Å². The second-order valence-electron chi connectivity index (χ2n) is 37.7. The molecule has 8 aromatic heterocycles. The van der Waals surface area contributed by atoms with Crippen molar-refractivity contribution in [3.63, 3.8) is 0 Å². The van der Waals surface area contributed by atoms with E-state index in [-0.39, 0.29) is 0 Å². The lowest BCUT2D eigenvalue weighted by atomic mass is 10.1. The van der Waals surface area contributed by atoms with Crippen LogP contribution in [0.25, 0.3) is 0 Å². The molecule has 0 N–H and O–H groups in total. The Kier molecular flexibility index (Phi) is 59.0. The van der Waals surface area contributed by atoms with Gasteiger partial charge in [-0.1, -0.05) is 140 Å². The number of rotatable bonds is 14. The van der Waals surface area contributed by atoms with Gasteiger partial charge in [-0.25, -0.2) is 24.7 Å². The van der Waals surface area contributed by atoms with Crippen molar-refractivity contribution >= 4 is 105 Å². The highest BCUT2D eigenvalue weighted by Gasteiger charge is 2.31. The topological polar surface area (TPSA) is 299 Å².